The smallest absolute Gasteiger partial charge is 0.257 e. The maximum Gasteiger partial charge on any atom is 0.257 e. The molecule has 1 fully saturated rings. The van der Waals surface area contributed by atoms with Crippen molar-refractivity contribution in [1.82, 2.24) is 20.0 Å². The fraction of sp³-hybridized carbons (Fsp3) is 0.500. The Hall–Kier alpha value is -1.87. The zero-order chi connectivity index (χ0) is 22.6. The van der Waals surface area contributed by atoms with Crippen LogP contribution in [0.5, 0.6) is 5.75 Å². The average molecular weight is 524 g/mol. The Morgan fingerprint density at radius 2 is 1.71 bits per heavy atom. The third-order valence-electron chi connectivity index (χ3n) is 6.91. The first kappa shape index (κ1) is 27.7. The minimum Gasteiger partial charge on any atom is -0.491 e. The van der Waals surface area contributed by atoms with Gasteiger partial charge in [0.25, 0.3) is 5.91 Å². The second-order valence-corrected chi connectivity index (χ2v) is 9.36. The van der Waals surface area contributed by atoms with Crippen molar-refractivity contribution in [3.8, 4) is 5.75 Å². The molecule has 3 aliphatic heterocycles. The van der Waals surface area contributed by atoms with Gasteiger partial charge >= 0.3 is 0 Å². The summed E-state index contributed by atoms with van der Waals surface area (Å²) in [7, 11) is 0. The number of benzene rings is 2. The fourth-order valence-electron chi connectivity index (χ4n) is 5.12. The first-order chi connectivity index (χ1) is 16.2. The highest BCUT2D eigenvalue weighted by atomic mass is 35.5. The van der Waals surface area contributed by atoms with Crippen LogP contribution >= 0.6 is 24.8 Å². The van der Waals surface area contributed by atoms with E-state index in [9.17, 15) is 9.90 Å². The summed E-state index contributed by atoms with van der Waals surface area (Å²) in [6.45, 7) is 8.57. The maximum atomic E-state index is 13.2. The van der Waals surface area contributed by atoms with Crippen LogP contribution in [0.2, 0.25) is 0 Å². The van der Waals surface area contributed by atoms with E-state index >= 15 is 0 Å². The first-order valence-corrected chi connectivity index (χ1v) is 12.1. The molecule has 0 radical (unpaired) electrons. The zero-order valence-electron chi connectivity index (χ0n) is 20.0. The van der Waals surface area contributed by atoms with Crippen molar-refractivity contribution in [3.05, 3.63) is 64.7 Å². The van der Waals surface area contributed by atoms with E-state index in [-0.39, 0.29) is 30.7 Å². The second kappa shape index (κ2) is 12.9. The number of amides is 1. The summed E-state index contributed by atoms with van der Waals surface area (Å²) in [5.74, 6) is 0.608. The molecule has 0 saturated carbocycles. The van der Waals surface area contributed by atoms with E-state index in [4.69, 9.17) is 4.74 Å². The summed E-state index contributed by atoms with van der Waals surface area (Å²) in [6.07, 6.45) is 0.413. The van der Waals surface area contributed by atoms with Crippen molar-refractivity contribution in [1.29, 1.82) is 0 Å². The van der Waals surface area contributed by atoms with Gasteiger partial charge in [-0.1, -0.05) is 30.3 Å². The van der Waals surface area contributed by atoms with Crippen molar-refractivity contribution in [2.24, 2.45) is 0 Å². The van der Waals surface area contributed by atoms with Gasteiger partial charge in [0, 0.05) is 58.9 Å². The Morgan fingerprint density at radius 3 is 2.51 bits per heavy atom. The molecule has 0 bridgehead atoms. The Labute approximate surface area is 220 Å². The molecule has 192 valence electrons. The topological polar surface area (TPSA) is 68.3 Å². The van der Waals surface area contributed by atoms with Gasteiger partial charge in [0.1, 0.15) is 12.4 Å². The van der Waals surface area contributed by atoms with E-state index in [0.717, 1.165) is 52.2 Å². The number of rotatable bonds is 6. The molecule has 1 atom stereocenters. The standard InChI is InChI=1S/C26H34N4O3.2ClH/c31-23(18-29-10-7-21-3-1-2-4-22(21)17-29)19-30-13-14-33-25-15-20(5-6-24(25)26(30)32)16-28-11-8-27-9-12-28;;/h1-6,15,23,27,31H,7-14,16-19H2;2*1H/t23-;;/m1../s1. The van der Waals surface area contributed by atoms with Crippen LogP contribution in [0.15, 0.2) is 42.5 Å². The number of carbonyl (C=O) groups is 1. The van der Waals surface area contributed by atoms with E-state index in [0.29, 0.717) is 37.6 Å². The van der Waals surface area contributed by atoms with Crippen molar-refractivity contribution in [2.75, 3.05) is 59.0 Å². The summed E-state index contributed by atoms with van der Waals surface area (Å²) in [6, 6.07) is 14.4. The van der Waals surface area contributed by atoms with Crippen LogP contribution in [0.3, 0.4) is 0 Å². The van der Waals surface area contributed by atoms with E-state index in [1.165, 1.54) is 16.7 Å². The largest absolute Gasteiger partial charge is 0.491 e. The fourth-order valence-corrected chi connectivity index (χ4v) is 5.12. The van der Waals surface area contributed by atoms with E-state index < -0.39 is 6.10 Å². The number of fused-ring (bicyclic) bond motifs is 2. The number of carbonyl (C=O) groups excluding carboxylic acids is 1. The third kappa shape index (κ3) is 6.88. The van der Waals surface area contributed by atoms with Gasteiger partial charge in [0.05, 0.1) is 18.2 Å². The van der Waals surface area contributed by atoms with Crippen LogP contribution in [-0.2, 0) is 19.5 Å². The molecule has 35 heavy (non-hydrogen) atoms. The van der Waals surface area contributed by atoms with Crippen LogP contribution in [0, 0.1) is 0 Å². The van der Waals surface area contributed by atoms with Gasteiger partial charge in [-0.2, -0.15) is 0 Å². The molecule has 2 aromatic rings. The van der Waals surface area contributed by atoms with Crippen molar-refractivity contribution >= 4 is 30.7 Å². The van der Waals surface area contributed by atoms with Gasteiger partial charge in [0.15, 0.2) is 0 Å². The van der Waals surface area contributed by atoms with Gasteiger partial charge < -0.3 is 20.1 Å². The lowest BCUT2D eigenvalue weighted by atomic mass is 10.00. The Morgan fingerprint density at radius 1 is 0.943 bits per heavy atom. The lowest BCUT2D eigenvalue weighted by molar-refractivity contribution is 0.0501. The normalized spacial score (nSPS) is 19.3. The number of nitrogens with zero attached hydrogens (tertiary/aromatic N) is 3. The maximum absolute atomic E-state index is 13.2. The minimum absolute atomic E-state index is 0. The molecule has 0 aromatic heterocycles. The number of halogens is 2. The van der Waals surface area contributed by atoms with Crippen molar-refractivity contribution in [2.45, 2.75) is 25.6 Å². The number of hydrogen-bond donors (Lipinski definition) is 2. The molecule has 0 unspecified atom stereocenters. The lowest BCUT2D eigenvalue weighted by Crippen LogP contribution is -2.44. The number of ether oxygens (including phenoxy) is 1. The lowest BCUT2D eigenvalue weighted by Gasteiger charge is -2.32. The summed E-state index contributed by atoms with van der Waals surface area (Å²) in [4.78, 5) is 19.7. The van der Waals surface area contributed by atoms with Crippen LogP contribution in [-0.4, -0.2) is 90.8 Å². The third-order valence-corrected chi connectivity index (χ3v) is 6.91. The molecule has 0 aliphatic carbocycles. The Kier molecular flexibility index (Phi) is 10.2. The van der Waals surface area contributed by atoms with Crippen LogP contribution in [0.25, 0.3) is 0 Å². The molecule has 3 aliphatic rings. The van der Waals surface area contributed by atoms with E-state index in [1.54, 1.807) is 4.90 Å². The van der Waals surface area contributed by atoms with Crippen LogP contribution in [0.1, 0.15) is 27.0 Å². The number of β-amino-alcohol motifs (C(OH)–C–C–N with tert-alkyl or cyclic N) is 1. The van der Waals surface area contributed by atoms with Crippen LogP contribution in [0.4, 0.5) is 0 Å². The highest BCUT2D eigenvalue weighted by Gasteiger charge is 2.27. The van der Waals surface area contributed by atoms with Gasteiger partial charge in [-0.15, -0.1) is 24.8 Å². The van der Waals surface area contributed by atoms with Crippen molar-refractivity contribution < 1.29 is 14.6 Å². The first-order valence-electron chi connectivity index (χ1n) is 12.1. The average Bonchev–Trinajstić information content (AvgIpc) is 2.98. The molecular formula is C26H36Cl2N4O3. The monoisotopic (exact) mass is 522 g/mol. The highest BCUT2D eigenvalue weighted by molar-refractivity contribution is 5.97. The Bertz CT molecular complexity index is 987. The summed E-state index contributed by atoms with van der Waals surface area (Å²) >= 11 is 0. The molecular weight excluding hydrogens is 487 g/mol. The predicted molar refractivity (Wildman–Crippen MR) is 142 cm³/mol. The number of aliphatic hydroxyl groups is 1. The number of hydrogen-bond acceptors (Lipinski definition) is 6. The number of nitrogens with one attached hydrogen (secondary N) is 1. The second-order valence-electron chi connectivity index (χ2n) is 9.36. The molecule has 3 heterocycles. The molecule has 2 N–H and O–H groups in total. The van der Waals surface area contributed by atoms with Crippen LogP contribution < -0.4 is 10.1 Å². The zero-order valence-corrected chi connectivity index (χ0v) is 21.7. The predicted octanol–water partition coefficient (Wildman–Crippen LogP) is 2.19. The Balaban J connectivity index is 0.00000171. The quantitative estimate of drug-likeness (QED) is 0.606. The highest BCUT2D eigenvalue weighted by Crippen LogP contribution is 2.26. The molecule has 0 spiro atoms. The summed E-state index contributed by atoms with van der Waals surface area (Å²) in [5, 5.41) is 14.2. The van der Waals surface area contributed by atoms with Gasteiger partial charge in [-0.25, -0.2) is 0 Å². The van der Waals surface area contributed by atoms with Crippen molar-refractivity contribution in [3.63, 3.8) is 0 Å². The molecule has 1 amide bonds. The van der Waals surface area contributed by atoms with Gasteiger partial charge in [0.2, 0.25) is 0 Å². The molecule has 9 heteroatoms. The van der Waals surface area contributed by atoms with E-state index in [2.05, 4.69) is 39.4 Å². The van der Waals surface area contributed by atoms with E-state index in [1.807, 2.05) is 18.2 Å². The SMILES string of the molecule is Cl.Cl.O=C1c2ccc(CN3CCNCC3)cc2OCCN1C[C@H](O)CN1CCc2ccccc2C1. The molecule has 7 nitrogen and oxygen atoms in total. The van der Waals surface area contributed by atoms with Gasteiger partial charge in [-0.3, -0.25) is 14.6 Å². The molecule has 1 saturated heterocycles. The summed E-state index contributed by atoms with van der Waals surface area (Å²) in [5.41, 5.74) is 4.50. The number of piperazine rings is 1. The minimum atomic E-state index is -0.590. The molecule has 2 aromatic carbocycles. The number of aliphatic hydroxyl groups excluding tert-OH is 1. The molecule has 5 rings (SSSR count). The van der Waals surface area contributed by atoms with Gasteiger partial charge in [-0.05, 0) is 35.2 Å². The summed E-state index contributed by atoms with van der Waals surface area (Å²) < 4.78 is 5.96.